The second-order valence-electron chi connectivity index (χ2n) is 4.59. The summed E-state index contributed by atoms with van der Waals surface area (Å²) in [6, 6.07) is 1.86. The van der Waals surface area contributed by atoms with Gasteiger partial charge in [0.05, 0.1) is 9.75 Å². The van der Waals surface area contributed by atoms with Crippen molar-refractivity contribution in [2.45, 2.75) is 26.2 Å². The van der Waals surface area contributed by atoms with Crippen LogP contribution < -0.4 is 5.32 Å². The number of rotatable bonds is 3. The number of aliphatic hydroxyl groups excluding tert-OH is 1. The van der Waals surface area contributed by atoms with Crippen LogP contribution in [0.5, 0.6) is 0 Å². The number of carbonyl (C=O) groups is 1. The van der Waals surface area contributed by atoms with Crippen molar-refractivity contribution in [2.75, 3.05) is 13.2 Å². The summed E-state index contributed by atoms with van der Waals surface area (Å²) in [4.78, 5) is 13.5. The van der Waals surface area contributed by atoms with Crippen molar-refractivity contribution >= 4 is 17.2 Å². The van der Waals surface area contributed by atoms with E-state index in [1.54, 1.807) is 0 Å². The second kappa shape index (κ2) is 6.03. The van der Waals surface area contributed by atoms with Gasteiger partial charge in [-0.2, -0.15) is 0 Å². The highest BCUT2D eigenvalue weighted by Crippen LogP contribution is 2.26. The molecule has 1 aromatic rings. The maximum atomic E-state index is 11.9. The molecule has 0 bridgehead atoms. The first-order chi connectivity index (χ1) is 8.70. The van der Waals surface area contributed by atoms with E-state index in [0.717, 1.165) is 17.0 Å². The quantitative estimate of drug-likeness (QED) is 0.819. The van der Waals surface area contributed by atoms with Crippen LogP contribution in [0.2, 0.25) is 0 Å². The molecular formula is C14H17NO2S. The Labute approximate surface area is 111 Å². The average Bonchev–Trinajstić information content (AvgIpc) is 2.66. The number of hydrogen-bond acceptors (Lipinski definition) is 3. The first-order valence-corrected chi connectivity index (χ1v) is 7.00. The van der Waals surface area contributed by atoms with E-state index in [-0.39, 0.29) is 12.5 Å². The van der Waals surface area contributed by atoms with Gasteiger partial charge in [-0.25, -0.2) is 0 Å². The van der Waals surface area contributed by atoms with E-state index in [1.807, 2.05) is 13.0 Å². The van der Waals surface area contributed by atoms with E-state index < -0.39 is 0 Å². The molecule has 2 N–H and O–H groups in total. The van der Waals surface area contributed by atoms with E-state index in [1.165, 1.54) is 30.6 Å². The highest BCUT2D eigenvalue weighted by atomic mass is 32.1. The minimum atomic E-state index is -0.152. The highest BCUT2D eigenvalue weighted by molar-refractivity contribution is 7.14. The minimum Gasteiger partial charge on any atom is -0.384 e. The largest absolute Gasteiger partial charge is 0.384 e. The third-order valence-corrected chi connectivity index (χ3v) is 4.35. The standard InChI is InChI=1S/C14H17NO2S/c1-10-8-13(18-12(10)6-3-7-16)14(17)15-9-11-4-2-5-11/h8,11,16H,2,4-5,7,9H2,1H3,(H,15,17). The van der Waals surface area contributed by atoms with Gasteiger partial charge in [0, 0.05) is 6.54 Å². The molecule has 96 valence electrons. The van der Waals surface area contributed by atoms with Crippen molar-refractivity contribution in [2.24, 2.45) is 5.92 Å². The molecule has 1 aliphatic rings. The molecule has 1 saturated carbocycles. The van der Waals surface area contributed by atoms with Gasteiger partial charge in [0.1, 0.15) is 6.61 Å². The van der Waals surface area contributed by atoms with E-state index in [0.29, 0.717) is 10.8 Å². The Kier molecular flexibility index (Phi) is 4.40. The number of hydrogen-bond donors (Lipinski definition) is 2. The Morgan fingerprint density at radius 1 is 1.61 bits per heavy atom. The van der Waals surface area contributed by atoms with E-state index in [4.69, 9.17) is 5.11 Å². The molecule has 1 fully saturated rings. The molecule has 3 nitrogen and oxygen atoms in total. The smallest absolute Gasteiger partial charge is 0.261 e. The van der Waals surface area contributed by atoms with Gasteiger partial charge < -0.3 is 10.4 Å². The Bertz CT molecular complexity index is 492. The lowest BCUT2D eigenvalue weighted by Gasteiger charge is -2.25. The Morgan fingerprint density at radius 3 is 3.00 bits per heavy atom. The van der Waals surface area contributed by atoms with Crippen molar-refractivity contribution in [3.05, 3.63) is 21.4 Å². The van der Waals surface area contributed by atoms with Crippen molar-refractivity contribution < 1.29 is 9.90 Å². The number of nitrogens with one attached hydrogen (secondary N) is 1. The lowest BCUT2D eigenvalue weighted by molar-refractivity contribution is 0.0943. The molecule has 2 rings (SSSR count). The molecule has 0 atom stereocenters. The molecule has 4 heteroatoms. The maximum Gasteiger partial charge on any atom is 0.261 e. The number of amides is 1. The van der Waals surface area contributed by atoms with Crippen LogP contribution in [0.15, 0.2) is 6.07 Å². The first kappa shape index (κ1) is 13.1. The molecule has 1 heterocycles. The monoisotopic (exact) mass is 263 g/mol. The third kappa shape index (κ3) is 3.12. The second-order valence-corrected chi connectivity index (χ2v) is 5.64. The Morgan fingerprint density at radius 2 is 2.39 bits per heavy atom. The summed E-state index contributed by atoms with van der Waals surface area (Å²) in [5.74, 6) is 6.14. The number of aryl methyl sites for hydroxylation is 1. The minimum absolute atomic E-state index is 0.00736. The van der Waals surface area contributed by atoms with Crippen LogP contribution in [0.1, 0.15) is 39.4 Å². The molecule has 0 radical (unpaired) electrons. The molecule has 1 amide bonds. The molecule has 0 unspecified atom stereocenters. The summed E-state index contributed by atoms with van der Waals surface area (Å²) in [6.45, 7) is 2.56. The molecular weight excluding hydrogens is 246 g/mol. The van der Waals surface area contributed by atoms with Crippen LogP contribution in [0.3, 0.4) is 0 Å². The normalized spacial score (nSPS) is 14.6. The fraction of sp³-hybridized carbons (Fsp3) is 0.500. The van der Waals surface area contributed by atoms with Crippen molar-refractivity contribution in [3.63, 3.8) is 0 Å². The lowest BCUT2D eigenvalue weighted by Crippen LogP contribution is -2.31. The zero-order valence-corrected chi connectivity index (χ0v) is 11.3. The third-order valence-electron chi connectivity index (χ3n) is 3.20. The van der Waals surface area contributed by atoms with Crippen LogP contribution >= 0.6 is 11.3 Å². The average molecular weight is 263 g/mol. The van der Waals surface area contributed by atoms with Crippen LogP contribution in [-0.2, 0) is 0 Å². The van der Waals surface area contributed by atoms with Gasteiger partial charge in [-0.15, -0.1) is 11.3 Å². The summed E-state index contributed by atoms with van der Waals surface area (Å²) in [5, 5.41) is 11.6. The fourth-order valence-electron chi connectivity index (χ4n) is 1.86. The zero-order chi connectivity index (χ0) is 13.0. The first-order valence-electron chi connectivity index (χ1n) is 6.19. The summed E-state index contributed by atoms with van der Waals surface area (Å²) in [6.07, 6.45) is 3.76. The summed E-state index contributed by atoms with van der Waals surface area (Å²) < 4.78 is 0. The van der Waals surface area contributed by atoms with Gasteiger partial charge in [-0.1, -0.05) is 18.3 Å². The molecule has 0 aromatic carbocycles. The highest BCUT2D eigenvalue weighted by Gasteiger charge is 2.19. The fourth-order valence-corrected chi connectivity index (χ4v) is 2.82. The number of thiophene rings is 1. The van der Waals surface area contributed by atoms with Gasteiger partial charge in [-0.05, 0) is 37.3 Å². The van der Waals surface area contributed by atoms with Crippen LogP contribution in [0.25, 0.3) is 0 Å². The van der Waals surface area contributed by atoms with Crippen LogP contribution in [0, 0.1) is 24.7 Å². The summed E-state index contributed by atoms with van der Waals surface area (Å²) in [7, 11) is 0. The topological polar surface area (TPSA) is 49.3 Å². The van der Waals surface area contributed by atoms with Gasteiger partial charge in [0.15, 0.2) is 0 Å². The van der Waals surface area contributed by atoms with E-state index >= 15 is 0 Å². The van der Waals surface area contributed by atoms with Crippen LogP contribution in [0.4, 0.5) is 0 Å². The van der Waals surface area contributed by atoms with Gasteiger partial charge in [0.25, 0.3) is 5.91 Å². The number of aliphatic hydroxyl groups is 1. The number of carbonyl (C=O) groups excluding carboxylic acids is 1. The Hall–Kier alpha value is -1.31. The molecule has 0 aliphatic heterocycles. The molecule has 0 spiro atoms. The molecule has 1 aliphatic carbocycles. The predicted molar refractivity (Wildman–Crippen MR) is 72.7 cm³/mol. The van der Waals surface area contributed by atoms with Crippen molar-refractivity contribution in [3.8, 4) is 11.8 Å². The summed E-state index contributed by atoms with van der Waals surface area (Å²) in [5.41, 5.74) is 0.995. The van der Waals surface area contributed by atoms with Crippen LogP contribution in [-0.4, -0.2) is 24.2 Å². The molecule has 1 aromatic heterocycles. The molecule has 18 heavy (non-hydrogen) atoms. The van der Waals surface area contributed by atoms with Gasteiger partial charge in [-0.3, -0.25) is 4.79 Å². The predicted octanol–water partition coefficient (Wildman–Crippen LogP) is 1.93. The Balaban J connectivity index is 1.96. The van der Waals surface area contributed by atoms with Gasteiger partial charge in [0.2, 0.25) is 0 Å². The lowest BCUT2D eigenvalue weighted by atomic mass is 9.85. The maximum absolute atomic E-state index is 11.9. The summed E-state index contributed by atoms with van der Waals surface area (Å²) >= 11 is 1.39. The molecule has 0 saturated heterocycles. The zero-order valence-electron chi connectivity index (χ0n) is 10.5. The van der Waals surface area contributed by atoms with E-state index in [2.05, 4.69) is 17.2 Å². The van der Waals surface area contributed by atoms with Crippen molar-refractivity contribution in [1.29, 1.82) is 0 Å². The van der Waals surface area contributed by atoms with E-state index in [9.17, 15) is 4.79 Å². The van der Waals surface area contributed by atoms with Gasteiger partial charge >= 0.3 is 0 Å². The van der Waals surface area contributed by atoms with Crippen molar-refractivity contribution in [1.82, 2.24) is 5.32 Å². The SMILES string of the molecule is Cc1cc(C(=O)NCC2CCC2)sc1C#CCO.